The van der Waals surface area contributed by atoms with Gasteiger partial charge in [0.25, 0.3) is 0 Å². The number of nitrogens with zero attached hydrogens (tertiary/aromatic N) is 6. The van der Waals surface area contributed by atoms with Crippen LogP contribution in [0.25, 0.3) is 94.5 Å². The monoisotopic (exact) mass is 678 g/mol. The average molecular weight is 679 g/mol. The number of hydrogen-bond acceptors (Lipinski definition) is 3. The fraction of sp³-hybridized carbons (Fsp3) is 0. The first-order valence-electron chi connectivity index (χ1n) is 17.8. The maximum absolute atomic E-state index is 5.26. The molecule has 0 saturated carbocycles. The van der Waals surface area contributed by atoms with E-state index in [1.54, 1.807) is 12.4 Å². The number of aromatic nitrogens is 6. The van der Waals surface area contributed by atoms with Crippen LogP contribution in [-0.2, 0) is 0 Å². The number of rotatable bonds is 5. The summed E-state index contributed by atoms with van der Waals surface area (Å²) in [5.74, 6) is 0.763. The molecule has 6 heteroatoms. The van der Waals surface area contributed by atoms with Crippen molar-refractivity contribution in [1.29, 1.82) is 0 Å². The summed E-state index contributed by atoms with van der Waals surface area (Å²) in [4.78, 5) is 14.9. The average Bonchev–Trinajstić information content (AvgIpc) is 3.89. The Morgan fingerprint density at radius 2 is 0.849 bits per heavy atom. The van der Waals surface area contributed by atoms with Crippen molar-refractivity contribution in [2.24, 2.45) is 0 Å². The van der Waals surface area contributed by atoms with Crippen molar-refractivity contribution in [1.82, 2.24) is 28.7 Å². The Bertz CT molecular complexity index is 2950. The largest absolute Gasteiger partial charge is 0.309 e. The maximum Gasteiger partial charge on any atom is 0.198 e. The van der Waals surface area contributed by atoms with Crippen molar-refractivity contribution < 1.29 is 0 Å². The molecular weight excluding hydrogens is 649 g/mol. The lowest BCUT2D eigenvalue weighted by molar-refractivity contribution is 1.07. The van der Waals surface area contributed by atoms with Crippen molar-refractivity contribution in [3.63, 3.8) is 0 Å². The molecule has 0 aliphatic rings. The first kappa shape index (κ1) is 29.4. The van der Waals surface area contributed by atoms with E-state index in [1.807, 2.05) is 6.07 Å². The summed E-state index contributed by atoms with van der Waals surface area (Å²) in [5, 5.41) is 4.85. The molecule has 4 aromatic heterocycles. The van der Waals surface area contributed by atoms with Crippen LogP contribution in [0.1, 0.15) is 0 Å². The molecule has 0 aliphatic heterocycles. The van der Waals surface area contributed by atoms with E-state index >= 15 is 0 Å². The molecule has 0 radical (unpaired) electrons. The minimum atomic E-state index is 0.589. The molecule has 6 nitrogen and oxygen atoms in total. The molecule has 4 heterocycles. The molecule has 0 atom stereocenters. The molecule has 11 rings (SSSR count). The highest BCUT2D eigenvalue weighted by molar-refractivity contribution is 6.10. The number of hydrogen-bond donors (Lipinski definition) is 0. The molecule has 248 valence electrons. The summed E-state index contributed by atoms with van der Waals surface area (Å²) in [6.45, 7) is 0. The van der Waals surface area contributed by atoms with Gasteiger partial charge in [0.15, 0.2) is 11.3 Å². The van der Waals surface area contributed by atoms with Gasteiger partial charge < -0.3 is 9.13 Å². The molecule has 0 N–H and O–H groups in total. The van der Waals surface area contributed by atoms with Gasteiger partial charge in [-0.25, -0.2) is 15.0 Å². The van der Waals surface area contributed by atoms with Crippen molar-refractivity contribution in [3.8, 4) is 39.6 Å². The molecule has 0 unspecified atom stereocenters. The fourth-order valence-electron chi connectivity index (χ4n) is 8.15. The minimum absolute atomic E-state index is 0.589. The van der Waals surface area contributed by atoms with Gasteiger partial charge in [-0.2, -0.15) is 0 Å². The Morgan fingerprint density at radius 1 is 0.377 bits per heavy atom. The quantitative estimate of drug-likeness (QED) is 0.182. The number of imidazole rings is 1. The van der Waals surface area contributed by atoms with Gasteiger partial charge in [0, 0.05) is 56.4 Å². The summed E-state index contributed by atoms with van der Waals surface area (Å²) >= 11 is 0. The van der Waals surface area contributed by atoms with E-state index in [1.165, 1.54) is 21.5 Å². The van der Waals surface area contributed by atoms with E-state index in [-0.39, 0.29) is 0 Å². The Labute approximate surface area is 304 Å². The van der Waals surface area contributed by atoms with Gasteiger partial charge in [0.05, 0.1) is 27.8 Å². The Balaban J connectivity index is 1.27. The van der Waals surface area contributed by atoms with Crippen molar-refractivity contribution in [2.75, 3.05) is 0 Å². The minimum Gasteiger partial charge on any atom is -0.309 e. The van der Waals surface area contributed by atoms with Crippen molar-refractivity contribution >= 4 is 54.9 Å². The van der Waals surface area contributed by atoms with Crippen LogP contribution in [0, 0.1) is 0 Å². The molecule has 7 aromatic carbocycles. The van der Waals surface area contributed by atoms with Crippen LogP contribution in [0.4, 0.5) is 0 Å². The topological polar surface area (TPSA) is 53.5 Å². The summed E-state index contributed by atoms with van der Waals surface area (Å²) in [5.41, 5.74) is 12.1. The lowest BCUT2D eigenvalue weighted by atomic mass is 10.0. The van der Waals surface area contributed by atoms with Crippen molar-refractivity contribution in [3.05, 3.63) is 182 Å². The van der Waals surface area contributed by atoms with E-state index in [2.05, 4.69) is 177 Å². The zero-order valence-electron chi connectivity index (χ0n) is 28.5. The SMILES string of the molecule is c1ccc(-c2ccccc2-n2c(-c3cc(-n4c5ccccc5c5ccccc54)cc(-n4c5ccccc5c5ccccc54)c3)nc3nccnc32)cc1. The number of para-hydroxylation sites is 5. The third-order valence-electron chi connectivity index (χ3n) is 10.4. The van der Waals surface area contributed by atoms with Crippen molar-refractivity contribution in [2.45, 2.75) is 0 Å². The standard InChI is InChI=1S/C47H30N6/c1-2-14-31(15-3-1)35-16-4-9-21-40(35)53-46(50-45-47(53)49-27-26-48-45)32-28-33(51-41-22-10-5-17-36(41)37-18-6-11-23-42(37)51)30-34(29-32)52-43-24-12-7-19-38(43)39-20-8-13-25-44(39)52/h1-30H. The van der Waals surface area contributed by atoms with E-state index in [4.69, 9.17) is 15.0 Å². The molecule has 0 amide bonds. The lowest BCUT2D eigenvalue weighted by Gasteiger charge is -2.17. The summed E-state index contributed by atoms with van der Waals surface area (Å²) < 4.78 is 6.94. The van der Waals surface area contributed by atoms with Crippen LogP contribution in [0.15, 0.2) is 182 Å². The third-order valence-corrected chi connectivity index (χ3v) is 10.4. The maximum atomic E-state index is 5.26. The number of fused-ring (bicyclic) bond motifs is 7. The second kappa shape index (κ2) is 11.6. The second-order valence-electron chi connectivity index (χ2n) is 13.3. The Morgan fingerprint density at radius 3 is 1.42 bits per heavy atom. The highest BCUT2D eigenvalue weighted by atomic mass is 15.2. The molecule has 0 aliphatic carbocycles. The molecule has 0 spiro atoms. The molecule has 11 aromatic rings. The Hall–Kier alpha value is -7.31. The predicted octanol–water partition coefficient (Wildman–Crippen LogP) is 11.3. The van der Waals surface area contributed by atoms with Crippen LogP contribution < -0.4 is 0 Å². The van der Waals surface area contributed by atoms with Gasteiger partial charge >= 0.3 is 0 Å². The highest BCUT2D eigenvalue weighted by Crippen LogP contribution is 2.39. The zero-order valence-corrected chi connectivity index (χ0v) is 28.5. The van der Waals surface area contributed by atoms with Gasteiger partial charge in [0.2, 0.25) is 0 Å². The smallest absolute Gasteiger partial charge is 0.198 e. The van der Waals surface area contributed by atoms with E-state index in [0.29, 0.717) is 11.3 Å². The van der Waals surface area contributed by atoms with E-state index < -0.39 is 0 Å². The lowest BCUT2D eigenvalue weighted by Crippen LogP contribution is -2.04. The van der Waals surface area contributed by atoms with E-state index in [9.17, 15) is 0 Å². The van der Waals surface area contributed by atoms with Gasteiger partial charge in [0.1, 0.15) is 5.82 Å². The van der Waals surface area contributed by atoms with Crippen LogP contribution in [0.5, 0.6) is 0 Å². The third kappa shape index (κ3) is 4.49. The van der Waals surface area contributed by atoms with Crippen LogP contribution >= 0.6 is 0 Å². The highest BCUT2D eigenvalue weighted by Gasteiger charge is 2.22. The van der Waals surface area contributed by atoms with E-state index in [0.717, 1.165) is 61.6 Å². The Kier molecular flexibility index (Phi) is 6.45. The first-order chi connectivity index (χ1) is 26.3. The second-order valence-corrected chi connectivity index (χ2v) is 13.3. The van der Waals surface area contributed by atoms with Crippen LogP contribution in [0.2, 0.25) is 0 Å². The molecule has 0 bridgehead atoms. The summed E-state index contributed by atoms with van der Waals surface area (Å²) in [7, 11) is 0. The molecule has 53 heavy (non-hydrogen) atoms. The van der Waals surface area contributed by atoms with Gasteiger partial charge in [-0.1, -0.05) is 121 Å². The van der Waals surface area contributed by atoms with Crippen LogP contribution in [-0.4, -0.2) is 28.7 Å². The van der Waals surface area contributed by atoms with Crippen LogP contribution in [0.3, 0.4) is 0 Å². The normalized spacial score (nSPS) is 11.8. The summed E-state index contributed by atoms with van der Waals surface area (Å²) in [6.07, 6.45) is 3.46. The fourth-order valence-corrected chi connectivity index (χ4v) is 8.15. The van der Waals surface area contributed by atoms with Gasteiger partial charge in [-0.15, -0.1) is 0 Å². The molecule has 0 saturated heterocycles. The first-order valence-corrected chi connectivity index (χ1v) is 17.8. The van der Waals surface area contributed by atoms with Gasteiger partial charge in [-0.05, 0) is 54.1 Å². The predicted molar refractivity (Wildman–Crippen MR) is 216 cm³/mol. The molecule has 0 fully saturated rings. The summed E-state index contributed by atoms with van der Waals surface area (Å²) in [6, 6.07) is 60.4. The zero-order chi connectivity index (χ0) is 34.9. The number of benzene rings is 7. The van der Waals surface area contributed by atoms with Gasteiger partial charge in [-0.3, -0.25) is 4.57 Å². The molecular formula is C47H30N6.